The summed E-state index contributed by atoms with van der Waals surface area (Å²) in [5, 5.41) is 20.7. The smallest absolute Gasteiger partial charge is 0.463 e. The summed E-state index contributed by atoms with van der Waals surface area (Å²) in [5.41, 5.74) is 0. The zero-order chi connectivity index (χ0) is 80.8. The van der Waals surface area contributed by atoms with Gasteiger partial charge in [-0.25, -0.2) is 9.13 Å². The lowest BCUT2D eigenvalue weighted by molar-refractivity contribution is -0.161. The number of hydrogen-bond acceptors (Lipinski definition) is 14. The van der Waals surface area contributed by atoms with Crippen LogP contribution in [0.1, 0.15) is 342 Å². The number of allylic oxidation sites excluding steroid dienone is 28. The molecule has 0 aliphatic carbocycles. The molecule has 0 radical (unpaired) electrons. The van der Waals surface area contributed by atoms with Gasteiger partial charge in [0.2, 0.25) is 0 Å². The second kappa shape index (κ2) is 84.3. The quantitative estimate of drug-likeness (QED) is 0.0146. The lowest BCUT2D eigenvalue weighted by Gasteiger charge is -2.21. The van der Waals surface area contributed by atoms with Crippen molar-refractivity contribution in [3.63, 3.8) is 0 Å². The third-order valence-corrected chi connectivity index (χ3v) is 19.8. The maximum atomic E-state index is 13.0. The van der Waals surface area contributed by atoms with Gasteiger partial charge in [0, 0.05) is 19.3 Å². The third-order valence-electron chi connectivity index (χ3n) is 17.9. The van der Waals surface area contributed by atoms with Crippen molar-refractivity contribution in [1.82, 2.24) is 0 Å². The summed E-state index contributed by atoms with van der Waals surface area (Å²) in [6.45, 7) is 2.34. The Labute approximate surface area is 675 Å². The number of carbonyl (C=O) groups excluding carboxylic acids is 3. The first kappa shape index (κ1) is 106. The highest BCUT2D eigenvalue weighted by atomic mass is 31.2. The summed E-state index contributed by atoms with van der Waals surface area (Å²) < 4.78 is 61.3. The molecule has 16 nitrogen and oxygen atoms in total. The molecule has 5 atom stereocenters. The Morgan fingerprint density at radius 3 is 0.712 bits per heavy atom. The zero-order valence-electron chi connectivity index (χ0n) is 69.6. The van der Waals surface area contributed by atoms with Gasteiger partial charge in [-0.15, -0.1) is 0 Å². The van der Waals surface area contributed by atoms with Gasteiger partial charge in [0.1, 0.15) is 25.4 Å². The summed E-state index contributed by atoms with van der Waals surface area (Å²) in [4.78, 5) is 58.8. The van der Waals surface area contributed by atoms with E-state index in [0.29, 0.717) is 19.3 Å². The number of unbranched alkanes of at least 4 members (excludes halogenated alkanes) is 30. The van der Waals surface area contributed by atoms with Crippen LogP contribution in [0.2, 0.25) is 0 Å². The normalized spacial score (nSPS) is 14.7. The predicted octanol–water partition coefficient (Wildman–Crippen LogP) is 26.3. The lowest BCUT2D eigenvalue weighted by atomic mass is 10.0. The molecule has 0 heterocycles. The highest BCUT2D eigenvalue weighted by molar-refractivity contribution is 7.47. The van der Waals surface area contributed by atoms with Crippen LogP contribution in [-0.4, -0.2) is 95.9 Å². The minimum absolute atomic E-state index is 0.0815. The largest absolute Gasteiger partial charge is 0.472 e. The number of aliphatic hydroxyl groups excluding tert-OH is 2. The van der Waals surface area contributed by atoms with E-state index >= 15 is 0 Å². The summed E-state index contributed by atoms with van der Waals surface area (Å²) in [6, 6.07) is 0. The first-order valence-corrected chi connectivity index (χ1v) is 46.4. The predicted molar refractivity (Wildman–Crippen MR) is 463 cm³/mol. The van der Waals surface area contributed by atoms with E-state index in [1.165, 1.54) is 103 Å². The van der Waals surface area contributed by atoms with Crippen LogP contribution in [0, 0.1) is 0 Å². The van der Waals surface area contributed by atoms with E-state index in [4.69, 9.17) is 32.3 Å². The van der Waals surface area contributed by atoms with Crippen molar-refractivity contribution in [2.24, 2.45) is 0 Å². The molecule has 0 rings (SSSR count). The van der Waals surface area contributed by atoms with Crippen LogP contribution < -0.4 is 0 Å². The van der Waals surface area contributed by atoms with Gasteiger partial charge in [0.25, 0.3) is 0 Å². The van der Waals surface area contributed by atoms with Crippen LogP contribution in [0.15, 0.2) is 170 Å². The summed E-state index contributed by atoms with van der Waals surface area (Å²) in [5.74, 6) is -1.60. The maximum absolute atomic E-state index is 13.0. The molecule has 0 aromatic carbocycles. The molecular formula is C93H156O16P2. The molecule has 634 valence electrons. The van der Waals surface area contributed by atoms with Crippen molar-refractivity contribution in [1.29, 1.82) is 0 Å². The van der Waals surface area contributed by atoms with Gasteiger partial charge >= 0.3 is 33.6 Å². The third kappa shape index (κ3) is 85.6. The van der Waals surface area contributed by atoms with Gasteiger partial charge in [0.05, 0.1) is 26.4 Å². The number of phosphoric ester groups is 2. The van der Waals surface area contributed by atoms with Crippen molar-refractivity contribution in [3.8, 4) is 0 Å². The fourth-order valence-electron chi connectivity index (χ4n) is 11.4. The van der Waals surface area contributed by atoms with E-state index in [1.807, 2.05) is 0 Å². The number of esters is 3. The Morgan fingerprint density at radius 2 is 0.450 bits per heavy atom. The van der Waals surface area contributed by atoms with Crippen LogP contribution in [0.4, 0.5) is 0 Å². The number of rotatable bonds is 81. The second-order valence-electron chi connectivity index (χ2n) is 28.5. The van der Waals surface area contributed by atoms with E-state index in [1.54, 1.807) is 0 Å². The molecule has 111 heavy (non-hydrogen) atoms. The van der Waals surface area contributed by atoms with Gasteiger partial charge in [0.15, 0.2) is 6.10 Å². The summed E-state index contributed by atoms with van der Waals surface area (Å²) in [7, 11) is -9.81. The topological polar surface area (TPSA) is 231 Å². The van der Waals surface area contributed by atoms with Crippen LogP contribution in [0.5, 0.6) is 0 Å². The van der Waals surface area contributed by atoms with Crippen molar-refractivity contribution in [3.05, 3.63) is 170 Å². The fourth-order valence-corrected chi connectivity index (χ4v) is 13.0. The van der Waals surface area contributed by atoms with E-state index in [2.05, 4.69) is 191 Å². The fraction of sp³-hybridized carbons (Fsp3) is 0.667. The molecule has 5 unspecified atom stereocenters. The van der Waals surface area contributed by atoms with E-state index in [-0.39, 0.29) is 19.3 Å². The Morgan fingerprint density at radius 1 is 0.252 bits per heavy atom. The van der Waals surface area contributed by atoms with Crippen molar-refractivity contribution < 1.29 is 75.8 Å². The second-order valence-corrected chi connectivity index (χ2v) is 31.5. The minimum Gasteiger partial charge on any atom is -0.463 e. The Bertz CT molecular complexity index is 2700. The van der Waals surface area contributed by atoms with E-state index in [0.717, 1.165) is 180 Å². The summed E-state index contributed by atoms with van der Waals surface area (Å²) in [6.07, 6.45) is 108. The molecule has 0 saturated heterocycles. The number of phosphoric acid groups is 2. The Hall–Kier alpha value is -5.09. The molecule has 0 bridgehead atoms. The van der Waals surface area contributed by atoms with Gasteiger partial charge in [-0.05, 0) is 148 Å². The van der Waals surface area contributed by atoms with E-state index < -0.39 is 91.5 Å². The van der Waals surface area contributed by atoms with Crippen molar-refractivity contribution in [2.45, 2.75) is 360 Å². The SMILES string of the molecule is CC/C=C\C/C=C\C/C=C\C/C=C\C/C=C\C/C=C\CCCCCCCCCCCCCCC(=O)OCC(O)COP(=O)(O)OCC(O)COP(=O)(O)OCC(COC(=O)CCCCCCCCCCCCCCC/C=C\C/C=C\C/C=C\C/C=C\C/C=C\CC)OC(=O)CCCCCCC/C=C\C/C=C\C/C=C\CC. The average Bonchev–Trinajstić information content (AvgIpc) is 0.908. The van der Waals surface area contributed by atoms with Gasteiger partial charge in [-0.3, -0.25) is 32.5 Å². The molecule has 0 fully saturated rings. The molecule has 18 heteroatoms. The molecule has 0 amide bonds. The van der Waals surface area contributed by atoms with Gasteiger partial charge in [-0.1, -0.05) is 345 Å². The molecule has 0 aliphatic rings. The standard InChI is InChI=1S/C93H156O16P2/c1-4-7-10-13-16-19-22-25-28-30-32-34-36-38-40-42-43-45-47-48-50-52-54-56-59-61-64-67-70-73-76-79-91(96)103-82-88(94)83-105-110(99,100)106-84-89(95)85-107-111(101,102)108-87-90(109-93(98)81-78-75-72-69-66-63-58-27-24-21-18-15-12-9-6-3)86-104-92(97)80-77-74-71-68-65-62-60-57-55-53-51-49-46-44-41-39-37-35-33-31-29-26-23-20-17-14-11-8-5-2/h7-12,16-21,25-29,32-35,38-41,43,45,58,88-90,94-95H,4-6,13-15,22-24,30-31,36-37,42,44,46-57,59-87H2,1-3H3,(H,99,100)(H,101,102)/b10-7-,11-8-,12-9-,19-16-,20-17-,21-18-,28-25-,29-26-,34-32-,35-33-,40-38-,41-39-,45-43-,58-27-. The van der Waals surface area contributed by atoms with Gasteiger partial charge in [-0.2, -0.15) is 0 Å². The maximum Gasteiger partial charge on any atom is 0.472 e. The number of carbonyl (C=O) groups is 3. The number of aliphatic hydroxyl groups is 2. The molecule has 0 saturated carbocycles. The molecule has 4 N–H and O–H groups in total. The summed E-state index contributed by atoms with van der Waals surface area (Å²) >= 11 is 0. The van der Waals surface area contributed by atoms with Crippen LogP contribution >= 0.6 is 15.6 Å². The first-order valence-electron chi connectivity index (χ1n) is 43.4. The van der Waals surface area contributed by atoms with Crippen molar-refractivity contribution >= 4 is 33.6 Å². The average molecular weight is 1590 g/mol. The molecule has 0 aliphatic heterocycles. The highest BCUT2D eigenvalue weighted by Gasteiger charge is 2.29. The van der Waals surface area contributed by atoms with Crippen molar-refractivity contribution in [2.75, 3.05) is 39.6 Å². The molecule has 0 aromatic heterocycles. The molecule has 0 aromatic rings. The highest BCUT2D eigenvalue weighted by Crippen LogP contribution is 2.45. The number of ether oxygens (including phenoxy) is 3. The Balaban J connectivity index is 4.51. The van der Waals surface area contributed by atoms with Crippen LogP contribution in [0.3, 0.4) is 0 Å². The van der Waals surface area contributed by atoms with E-state index in [9.17, 15) is 43.5 Å². The lowest BCUT2D eigenvalue weighted by Crippen LogP contribution is -2.30. The van der Waals surface area contributed by atoms with Gasteiger partial charge < -0.3 is 34.2 Å². The van der Waals surface area contributed by atoms with Crippen LogP contribution in [0.25, 0.3) is 0 Å². The minimum atomic E-state index is -4.94. The zero-order valence-corrected chi connectivity index (χ0v) is 71.4. The Kier molecular flexibility index (Phi) is 80.4. The monoisotopic (exact) mass is 1590 g/mol. The molecular weight excluding hydrogens is 1430 g/mol. The molecule has 0 spiro atoms. The number of hydrogen-bond donors (Lipinski definition) is 4. The first-order chi connectivity index (χ1) is 54.2. The van der Waals surface area contributed by atoms with Crippen LogP contribution in [-0.2, 0) is 55.8 Å².